The summed E-state index contributed by atoms with van der Waals surface area (Å²) in [6, 6.07) is 9.56. The van der Waals surface area contributed by atoms with Gasteiger partial charge in [0.25, 0.3) is 0 Å². The second-order valence-electron chi connectivity index (χ2n) is 8.03. The number of aromatic amines is 1. The second kappa shape index (κ2) is 9.32. The smallest absolute Gasteiger partial charge is 0.357 e. The molecule has 5 aromatic rings. The number of hydrogen-bond donors (Lipinski definition) is 2. The summed E-state index contributed by atoms with van der Waals surface area (Å²) in [5.74, 6) is 0.843. The summed E-state index contributed by atoms with van der Waals surface area (Å²) in [6.07, 6.45) is -0.0839. The second-order valence-corrected chi connectivity index (χ2v) is 8.03. The fraction of sp³-hybridized carbons (Fsp3) is 0.261. The monoisotopic (exact) mass is 494 g/mol. The molecule has 13 heteroatoms. The quantitative estimate of drug-likeness (QED) is 0.346. The molecule has 184 valence electrons. The van der Waals surface area contributed by atoms with Crippen LogP contribution in [0.4, 0.5) is 19.1 Å². The molecule has 10 nitrogen and oxygen atoms in total. The molecule has 0 spiro atoms. The number of anilines is 1. The summed E-state index contributed by atoms with van der Waals surface area (Å²) >= 11 is 0. The SMILES string of the molecule is CCCc1nc2c(C(F)(F)F)nc(NC)nc2n1Cc1ccc(-c2ccncc2-c2nn[nH]n2)cc1. The molecule has 0 bridgehead atoms. The van der Waals surface area contributed by atoms with Crippen molar-refractivity contribution in [2.45, 2.75) is 32.5 Å². The molecule has 2 N–H and O–H groups in total. The molecule has 0 aliphatic carbocycles. The van der Waals surface area contributed by atoms with Gasteiger partial charge in [0, 0.05) is 31.4 Å². The maximum atomic E-state index is 13.7. The number of nitrogens with one attached hydrogen (secondary N) is 2. The lowest BCUT2D eigenvalue weighted by atomic mass is 10.00. The van der Waals surface area contributed by atoms with E-state index in [1.165, 1.54) is 7.05 Å². The number of fused-ring (bicyclic) bond motifs is 1. The third-order valence-corrected chi connectivity index (χ3v) is 5.65. The van der Waals surface area contributed by atoms with Crippen molar-refractivity contribution < 1.29 is 13.2 Å². The van der Waals surface area contributed by atoms with Crippen molar-refractivity contribution >= 4 is 17.1 Å². The minimum absolute atomic E-state index is 0.110. The first-order valence-corrected chi connectivity index (χ1v) is 11.2. The van der Waals surface area contributed by atoms with Gasteiger partial charge >= 0.3 is 6.18 Å². The Morgan fingerprint density at radius 3 is 2.50 bits per heavy atom. The van der Waals surface area contributed by atoms with E-state index in [0.717, 1.165) is 28.7 Å². The Hall–Kier alpha value is -4.42. The molecule has 0 aliphatic heterocycles. The Balaban J connectivity index is 1.54. The van der Waals surface area contributed by atoms with Crippen molar-refractivity contribution in [2.24, 2.45) is 0 Å². The first kappa shape index (κ1) is 23.3. The maximum absolute atomic E-state index is 13.7. The number of H-pyrrole nitrogens is 1. The van der Waals surface area contributed by atoms with Crippen LogP contribution in [0, 0.1) is 0 Å². The zero-order valence-corrected chi connectivity index (χ0v) is 19.4. The Morgan fingerprint density at radius 1 is 1.03 bits per heavy atom. The van der Waals surface area contributed by atoms with E-state index in [1.54, 1.807) is 17.0 Å². The molecule has 1 aromatic carbocycles. The molecule has 4 aromatic heterocycles. The summed E-state index contributed by atoms with van der Waals surface area (Å²) in [5.41, 5.74) is 2.23. The predicted molar refractivity (Wildman–Crippen MR) is 126 cm³/mol. The van der Waals surface area contributed by atoms with E-state index in [0.29, 0.717) is 24.6 Å². The van der Waals surface area contributed by atoms with E-state index in [4.69, 9.17) is 0 Å². The number of nitrogens with zero attached hydrogens (tertiary/aromatic N) is 8. The zero-order chi connectivity index (χ0) is 25.3. The van der Waals surface area contributed by atoms with Gasteiger partial charge in [-0.05, 0) is 34.4 Å². The zero-order valence-electron chi connectivity index (χ0n) is 19.4. The van der Waals surface area contributed by atoms with Crippen LogP contribution in [0.15, 0.2) is 42.7 Å². The molecular weight excluding hydrogens is 473 g/mol. The first-order chi connectivity index (χ1) is 17.4. The van der Waals surface area contributed by atoms with Crippen molar-refractivity contribution in [1.82, 2.24) is 45.1 Å². The van der Waals surface area contributed by atoms with Crippen LogP contribution in [-0.2, 0) is 19.1 Å². The molecule has 0 unspecified atom stereocenters. The number of halogens is 3. The molecular formula is C23H21F3N10. The highest BCUT2D eigenvalue weighted by molar-refractivity contribution is 5.80. The molecule has 36 heavy (non-hydrogen) atoms. The molecule has 0 radical (unpaired) electrons. The van der Waals surface area contributed by atoms with E-state index in [1.807, 2.05) is 37.3 Å². The van der Waals surface area contributed by atoms with Gasteiger partial charge in [-0.15, -0.1) is 10.2 Å². The Morgan fingerprint density at radius 2 is 1.83 bits per heavy atom. The largest absolute Gasteiger partial charge is 0.435 e. The predicted octanol–water partition coefficient (Wildman–Crippen LogP) is 4.13. The van der Waals surface area contributed by atoms with Gasteiger partial charge in [-0.3, -0.25) is 4.98 Å². The van der Waals surface area contributed by atoms with Crippen LogP contribution >= 0.6 is 0 Å². The normalized spacial score (nSPS) is 11.8. The molecule has 0 atom stereocenters. The van der Waals surface area contributed by atoms with E-state index in [-0.39, 0.29) is 17.1 Å². The van der Waals surface area contributed by atoms with Crippen LogP contribution in [-0.4, -0.2) is 52.2 Å². The molecule has 0 saturated heterocycles. The van der Waals surface area contributed by atoms with Gasteiger partial charge < -0.3 is 9.88 Å². The summed E-state index contributed by atoms with van der Waals surface area (Å²) < 4.78 is 42.9. The number of rotatable bonds is 7. The minimum atomic E-state index is -4.65. The van der Waals surface area contributed by atoms with Crippen LogP contribution in [0.5, 0.6) is 0 Å². The summed E-state index contributed by atoms with van der Waals surface area (Å²) in [4.78, 5) is 16.4. The lowest BCUT2D eigenvalue weighted by Gasteiger charge is -2.12. The third-order valence-electron chi connectivity index (χ3n) is 5.65. The first-order valence-electron chi connectivity index (χ1n) is 11.2. The summed E-state index contributed by atoms with van der Waals surface area (Å²) in [5, 5.41) is 16.8. The maximum Gasteiger partial charge on any atom is 0.435 e. The molecule has 0 saturated carbocycles. The van der Waals surface area contributed by atoms with Gasteiger partial charge in [0.1, 0.15) is 11.3 Å². The van der Waals surface area contributed by atoms with Crippen molar-refractivity contribution in [3.8, 4) is 22.5 Å². The average Bonchev–Trinajstić information content (AvgIpc) is 3.52. The number of pyridine rings is 1. The molecule has 0 amide bonds. The number of aromatic nitrogens is 9. The third kappa shape index (κ3) is 4.34. The van der Waals surface area contributed by atoms with Crippen molar-refractivity contribution in [2.75, 3.05) is 12.4 Å². The Bertz CT molecular complexity index is 1490. The molecule has 0 aliphatic rings. The van der Waals surface area contributed by atoms with Gasteiger partial charge in [-0.25, -0.2) is 9.97 Å². The van der Waals surface area contributed by atoms with Gasteiger partial charge in [-0.2, -0.15) is 23.4 Å². The fourth-order valence-corrected chi connectivity index (χ4v) is 4.01. The van der Waals surface area contributed by atoms with E-state index < -0.39 is 11.9 Å². The van der Waals surface area contributed by atoms with Crippen LogP contribution in [0.1, 0.15) is 30.4 Å². The fourth-order valence-electron chi connectivity index (χ4n) is 4.01. The van der Waals surface area contributed by atoms with E-state index >= 15 is 0 Å². The standard InChI is InChI=1S/C23H21F3N10/c1-3-4-17-29-18-19(23(24,25)26)30-22(27-2)31-21(18)36(17)12-13-5-7-14(8-6-13)15-9-10-28-11-16(15)20-32-34-35-33-20/h5-11H,3-4,12H2,1-2H3,(H,27,30,31)(H,32,33,34,35). The summed E-state index contributed by atoms with van der Waals surface area (Å²) in [7, 11) is 1.48. The van der Waals surface area contributed by atoms with Crippen molar-refractivity contribution in [3.05, 3.63) is 59.8 Å². The van der Waals surface area contributed by atoms with E-state index in [2.05, 4.69) is 45.9 Å². The van der Waals surface area contributed by atoms with E-state index in [9.17, 15) is 13.2 Å². The number of aryl methyl sites for hydroxylation is 1. The molecule has 4 heterocycles. The number of tetrazole rings is 1. The van der Waals surface area contributed by atoms with Gasteiger partial charge in [0.05, 0.1) is 6.54 Å². The van der Waals surface area contributed by atoms with Crippen molar-refractivity contribution in [3.63, 3.8) is 0 Å². The van der Waals surface area contributed by atoms with Crippen LogP contribution in [0.3, 0.4) is 0 Å². The van der Waals surface area contributed by atoms with Gasteiger partial charge in [0.2, 0.25) is 11.8 Å². The van der Waals surface area contributed by atoms with Gasteiger partial charge in [-0.1, -0.05) is 31.2 Å². The van der Waals surface area contributed by atoms with Crippen LogP contribution < -0.4 is 5.32 Å². The molecule has 5 rings (SSSR count). The summed E-state index contributed by atoms with van der Waals surface area (Å²) in [6.45, 7) is 2.25. The highest BCUT2D eigenvalue weighted by Gasteiger charge is 2.37. The number of imidazole rings is 1. The Kier molecular flexibility index (Phi) is 6.04. The average molecular weight is 494 g/mol. The number of hydrogen-bond acceptors (Lipinski definition) is 8. The minimum Gasteiger partial charge on any atom is -0.357 e. The lowest BCUT2D eigenvalue weighted by molar-refractivity contribution is -0.139. The Labute approximate surface area is 203 Å². The van der Waals surface area contributed by atoms with Crippen LogP contribution in [0.2, 0.25) is 0 Å². The molecule has 0 fully saturated rings. The number of benzene rings is 1. The van der Waals surface area contributed by atoms with Crippen molar-refractivity contribution in [1.29, 1.82) is 0 Å². The lowest BCUT2D eigenvalue weighted by Crippen LogP contribution is -2.12. The number of alkyl halides is 3. The highest BCUT2D eigenvalue weighted by atomic mass is 19.4. The van der Waals surface area contributed by atoms with Gasteiger partial charge in [0.15, 0.2) is 11.3 Å². The topological polar surface area (TPSA) is 123 Å². The van der Waals surface area contributed by atoms with Crippen LogP contribution in [0.25, 0.3) is 33.7 Å². The highest BCUT2D eigenvalue weighted by Crippen LogP contribution is 2.34.